The van der Waals surface area contributed by atoms with Crippen molar-refractivity contribution in [1.82, 2.24) is 9.78 Å². The molecule has 0 spiro atoms. The molecule has 0 aliphatic heterocycles. The van der Waals surface area contributed by atoms with Gasteiger partial charge in [-0.15, -0.1) is 5.10 Å². The van der Waals surface area contributed by atoms with Crippen LogP contribution in [0.2, 0.25) is 5.02 Å². The molecule has 5 nitrogen and oxygen atoms in total. The van der Waals surface area contributed by atoms with E-state index in [9.17, 15) is 4.79 Å². The van der Waals surface area contributed by atoms with E-state index in [4.69, 9.17) is 16.9 Å². The quantitative estimate of drug-likeness (QED) is 0.766. The van der Waals surface area contributed by atoms with Gasteiger partial charge in [0.25, 0.3) is 5.91 Å². The summed E-state index contributed by atoms with van der Waals surface area (Å²) in [5.41, 5.74) is 2.68. The molecule has 124 valence electrons. The van der Waals surface area contributed by atoms with Crippen molar-refractivity contribution < 1.29 is 4.79 Å². The number of hydrogen-bond donors (Lipinski definition) is 1. The molecule has 0 unspecified atom stereocenters. The van der Waals surface area contributed by atoms with Crippen molar-refractivity contribution in [1.29, 1.82) is 5.26 Å². The number of halogens is 1. The minimum atomic E-state index is -0.305. The molecule has 0 saturated heterocycles. The van der Waals surface area contributed by atoms with E-state index in [2.05, 4.69) is 10.4 Å². The van der Waals surface area contributed by atoms with Gasteiger partial charge >= 0.3 is 0 Å². The van der Waals surface area contributed by atoms with Gasteiger partial charge in [-0.1, -0.05) is 24.6 Å². The molecular formula is C19H15ClN4O. The number of carbonyl (C=O) groups excluding carboxylic acids is 1. The van der Waals surface area contributed by atoms with E-state index >= 15 is 0 Å². The lowest BCUT2D eigenvalue weighted by atomic mass is 10.1. The molecule has 6 heteroatoms. The fourth-order valence-corrected chi connectivity index (χ4v) is 2.58. The third-order valence-electron chi connectivity index (χ3n) is 3.71. The molecule has 2 aromatic carbocycles. The number of anilines is 1. The van der Waals surface area contributed by atoms with E-state index in [0.29, 0.717) is 22.0 Å². The van der Waals surface area contributed by atoms with E-state index in [0.717, 1.165) is 17.8 Å². The van der Waals surface area contributed by atoms with Gasteiger partial charge in [-0.25, -0.2) is 4.68 Å². The first-order chi connectivity index (χ1) is 12.1. The summed E-state index contributed by atoms with van der Waals surface area (Å²) in [5.74, 6) is 0.152. The molecule has 0 atom stereocenters. The Morgan fingerprint density at radius 1 is 1.24 bits per heavy atom. The predicted molar refractivity (Wildman–Crippen MR) is 97.1 cm³/mol. The lowest BCUT2D eigenvalue weighted by molar-refractivity contribution is 0.102. The second-order valence-electron chi connectivity index (χ2n) is 5.41. The molecule has 0 bridgehead atoms. The summed E-state index contributed by atoms with van der Waals surface area (Å²) in [4.78, 5) is 12.4. The number of nitrogens with one attached hydrogen (secondary N) is 1. The topological polar surface area (TPSA) is 70.7 Å². The molecule has 3 rings (SSSR count). The first kappa shape index (κ1) is 16.7. The second kappa shape index (κ2) is 7.20. The van der Waals surface area contributed by atoms with Crippen LogP contribution < -0.4 is 5.32 Å². The van der Waals surface area contributed by atoms with Gasteiger partial charge < -0.3 is 5.32 Å². The number of nitriles is 1. The fraction of sp³-hybridized carbons (Fsp3) is 0.105. The van der Waals surface area contributed by atoms with Gasteiger partial charge in [0.05, 0.1) is 17.3 Å². The third kappa shape index (κ3) is 3.70. The molecule has 0 fully saturated rings. The third-order valence-corrected chi connectivity index (χ3v) is 3.96. The molecule has 25 heavy (non-hydrogen) atoms. The summed E-state index contributed by atoms with van der Waals surface area (Å²) in [5, 5.41) is 16.8. The Kier molecular flexibility index (Phi) is 4.82. The van der Waals surface area contributed by atoms with Gasteiger partial charge in [0, 0.05) is 22.3 Å². The van der Waals surface area contributed by atoms with Crippen molar-refractivity contribution >= 4 is 23.3 Å². The van der Waals surface area contributed by atoms with Gasteiger partial charge in [0.15, 0.2) is 5.82 Å². The molecule has 0 radical (unpaired) electrons. The summed E-state index contributed by atoms with van der Waals surface area (Å²) >= 11 is 5.93. The minimum absolute atomic E-state index is 0.305. The van der Waals surface area contributed by atoms with E-state index in [1.54, 1.807) is 41.1 Å². The normalized spacial score (nSPS) is 10.3. The number of carbonyl (C=O) groups is 1. The van der Waals surface area contributed by atoms with Crippen molar-refractivity contribution in [2.75, 3.05) is 5.32 Å². The van der Waals surface area contributed by atoms with Gasteiger partial charge in [-0.3, -0.25) is 4.79 Å². The lowest BCUT2D eigenvalue weighted by Crippen LogP contribution is -2.12. The molecule has 0 aliphatic carbocycles. The highest BCUT2D eigenvalue weighted by atomic mass is 35.5. The Hall–Kier alpha value is -3.10. The van der Waals surface area contributed by atoms with Crippen molar-refractivity contribution in [3.8, 4) is 11.8 Å². The van der Waals surface area contributed by atoms with E-state index in [1.807, 2.05) is 31.2 Å². The van der Waals surface area contributed by atoms with Crippen LogP contribution in [-0.2, 0) is 6.42 Å². The van der Waals surface area contributed by atoms with E-state index in [-0.39, 0.29) is 5.91 Å². The SMILES string of the molecule is CCc1cc(NC(=O)c2cccc(C#N)c2)nn1-c1ccc(Cl)cc1. The van der Waals surface area contributed by atoms with Crippen LogP contribution in [0.3, 0.4) is 0 Å². The van der Waals surface area contributed by atoms with Crippen LogP contribution in [0.15, 0.2) is 54.6 Å². The van der Waals surface area contributed by atoms with Gasteiger partial charge in [0.1, 0.15) is 0 Å². The maximum absolute atomic E-state index is 12.4. The summed E-state index contributed by atoms with van der Waals surface area (Å²) < 4.78 is 1.78. The molecule has 0 aliphatic rings. The van der Waals surface area contributed by atoms with Gasteiger partial charge in [0.2, 0.25) is 0 Å². The van der Waals surface area contributed by atoms with Crippen molar-refractivity contribution in [2.24, 2.45) is 0 Å². The number of benzene rings is 2. The van der Waals surface area contributed by atoms with Gasteiger partial charge in [-0.2, -0.15) is 5.26 Å². The number of nitrogens with zero attached hydrogens (tertiary/aromatic N) is 3. The molecule has 1 amide bonds. The van der Waals surface area contributed by atoms with E-state index < -0.39 is 0 Å². The van der Waals surface area contributed by atoms with Crippen LogP contribution in [0.4, 0.5) is 5.82 Å². The predicted octanol–water partition coefficient (Wildman–Crippen LogP) is 4.21. The number of rotatable bonds is 4. The first-order valence-corrected chi connectivity index (χ1v) is 8.15. The van der Waals surface area contributed by atoms with Crippen molar-refractivity contribution in [3.05, 3.63) is 76.4 Å². The molecule has 1 aromatic heterocycles. The lowest BCUT2D eigenvalue weighted by Gasteiger charge is -2.05. The number of aryl methyl sites for hydroxylation is 1. The van der Waals surface area contributed by atoms with Crippen LogP contribution in [0, 0.1) is 11.3 Å². The molecule has 1 N–H and O–H groups in total. The van der Waals surface area contributed by atoms with Crippen LogP contribution >= 0.6 is 11.6 Å². The zero-order valence-electron chi connectivity index (χ0n) is 13.5. The maximum Gasteiger partial charge on any atom is 0.256 e. The largest absolute Gasteiger partial charge is 0.305 e. The zero-order valence-corrected chi connectivity index (χ0v) is 14.3. The Balaban J connectivity index is 1.87. The first-order valence-electron chi connectivity index (χ1n) is 7.77. The number of hydrogen-bond acceptors (Lipinski definition) is 3. The van der Waals surface area contributed by atoms with Crippen LogP contribution in [0.25, 0.3) is 5.69 Å². The number of aromatic nitrogens is 2. The van der Waals surface area contributed by atoms with Crippen LogP contribution in [0.1, 0.15) is 28.5 Å². The van der Waals surface area contributed by atoms with Crippen molar-refractivity contribution in [3.63, 3.8) is 0 Å². The van der Waals surface area contributed by atoms with Crippen molar-refractivity contribution in [2.45, 2.75) is 13.3 Å². The highest BCUT2D eigenvalue weighted by molar-refractivity contribution is 6.30. The Labute approximate surface area is 150 Å². The van der Waals surface area contributed by atoms with Gasteiger partial charge in [-0.05, 0) is 48.9 Å². The summed E-state index contributed by atoms with van der Waals surface area (Å²) in [6, 6.07) is 17.7. The summed E-state index contributed by atoms with van der Waals surface area (Å²) in [7, 11) is 0. The molecule has 3 aromatic rings. The molecular weight excluding hydrogens is 336 g/mol. The Morgan fingerprint density at radius 2 is 2.00 bits per heavy atom. The van der Waals surface area contributed by atoms with E-state index in [1.165, 1.54) is 0 Å². The molecule has 1 heterocycles. The molecule has 0 saturated carbocycles. The maximum atomic E-state index is 12.4. The Bertz CT molecular complexity index is 954. The number of amides is 1. The zero-order chi connectivity index (χ0) is 17.8. The average molecular weight is 351 g/mol. The standard InChI is InChI=1S/C19H15ClN4O/c1-2-16-11-18(23-24(16)17-8-6-15(20)7-9-17)22-19(25)14-5-3-4-13(10-14)12-21/h3-11H,2H2,1H3,(H,22,23,25). The highest BCUT2D eigenvalue weighted by Gasteiger charge is 2.12. The smallest absolute Gasteiger partial charge is 0.256 e. The summed E-state index contributed by atoms with van der Waals surface area (Å²) in [6.45, 7) is 2.02. The monoisotopic (exact) mass is 350 g/mol. The average Bonchev–Trinajstić information content (AvgIpc) is 3.05. The van der Waals surface area contributed by atoms with Crippen LogP contribution in [-0.4, -0.2) is 15.7 Å². The second-order valence-corrected chi connectivity index (χ2v) is 5.85. The highest BCUT2D eigenvalue weighted by Crippen LogP contribution is 2.19. The summed E-state index contributed by atoms with van der Waals surface area (Å²) in [6.07, 6.45) is 0.759. The van der Waals surface area contributed by atoms with Crippen LogP contribution in [0.5, 0.6) is 0 Å². The fourth-order valence-electron chi connectivity index (χ4n) is 2.46. The Morgan fingerprint density at radius 3 is 2.68 bits per heavy atom. The minimum Gasteiger partial charge on any atom is -0.305 e.